The fourth-order valence-corrected chi connectivity index (χ4v) is 3.18. The molecular weight excluding hydrogens is 384 g/mol. The van der Waals surface area contributed by atoms with E-state index < -0.39 is 5.91 Å². The summed E-state index contributed by atoms with van der Waals surface area (Å²) >= 11 is 0. The number of benzene rings is 1. The van der Waals surface area contributed by atoms with Crippen molar-refractivity contribution in [1.82, 2.24) is 14.5 Å². The van der Waals surface area contributed by atoms with Gasteiger partial charge in [-0.05, 0) is 37.6 Å². The molecule has 0 unspecified atom stereocenters. The van der Waals surface area contributed by atoms with E-state index in [1.54, 1.807) is 49.8 Å². The van der Waals surface area contributed by atoms with Gasteiger partial charge in [-0.1, -0.05) is 0 Å². The second-order valence-corrected chi connectivity index (χ2v) is 7.12. The Balaban J connectivity index is 1.58. The van der Waals surface area contributed by atoms with Gasteiger partial charge in [0.15, 0.2) is 11.5 Å². The van der Waals surface area contributed by atoms with E-state index in [0.29, 0.717) is 41.7 Å². The standard InChI is InChI=1S/C22H22N4O4/c1-14-6-7-26(13-17-12-23-15(2)11-24-17)22(28)20(14)21(27)25-16-4-5-18-19(10-16)30-9-3-8-29-18/h4-7,10-12H,3,8-9,13H2,1-2H3,(H,25,27). The highest BCUT2D eigenvalue weighted by molar-refractivity contribution is 6.05. The maximum atomic E-state index is 13.0. The second kappa shape index (κ2) is 8.36. The highest BCUT2D eigenvalue weighted by atomic mass is 16.5. The van der Waals surface area contributed by atoms with E-state index in [-0.39, 0.29) is 17.7 Å². The third-order valence-corrected chi connectivity index (χ3v) is 4.77. The Kier molecular flexibility index (Phi) is 5.47. The van der Waals surface area contributed by atoms with Crippen molar-refractivity contribution in [2.75, 3.05) is 18.5 Å². The number of carbonyl (C=O) groups excluding carboxylic acids is 1. The largest absolute Gasteiger partial charge is 0.490 e. The maximum absolute atomic E-state index is 13.0. The number of amides is 1. The van der Waals surface area contributed by atoms with Gasteiger partial charge in [-0.15, -0.1) is 0 Å². The minimum Gasteiger partial charge on any atom is -0.490 e. The topological polar surface area (TPSA) is 95.3 Å². The van der Waals surface area contributed by atoms with Crippen LogP contribution in [-0.4, -0.2) is 33.7 Å². The molecule has 0 spiro atoms. The van der Waals surface area contributed by atoms with Crippen LogP contribution in [-0.2, 0) is 6.54 Å². The van der Waals surface area contributed by atoms with Gasteiger partial charge < -0.3 is 19.4 Å². The number of anilines is 1. The Morgan fingerprint density at radius 3 is 2.67 bits per heavy atom. The molecule has 0 saturated carbocycles. The molecule has 0 radical (unpaired) electrons. The number of ether oxygens (including phenoxy) is 2. The molecule has 8 heteroatoms. The van der Waals surface area contributed by atoms with Gasteiger partial charge in [-0.25, -0.2) is 0 Å². The van der Waals surface area contributed by atoms with Crippen LogP contribution in [0.25, 0.3) is 0 Å². The first kappa shape index (κ1) is 19.6. The van der Waals surface area contributed by atoms with E-state index in [0.717, 1.165) is 12.1 Å². The molecule has 1 amide bonds. The highest BCUT2D eigenvalue weighted by Crippen LogP contribution is 2.32. The van der Waals surface area contributed by atoms with Crippen molar-refractivity contribution >= 4 is 11.6 Å². The fourth-order valence-electron chi connectivity index (χ4n) is 3.18. The monoisotopic (exact) mass is 406 g/mol. The number of pyridine rings is 1. The number of hydrogen-bond donors (Lipinski definition) is 1. The molecule has 2 aromatic heterocycles. The normalized spacial score (nSPS) is 12.9. The molecule has 0 aliphatic carbocycles. The van der Waals surface area contributed by atoms with E-state index in [1.165, 1.54) is 4.57 Å². The van der Waals surface area contributed by atoms with Crippen molar-refractivity contribution < 1.29 is 14.3 Å². The average molecular weight is 406 g/mol. The first-order chi connectivity index (χ1) is 14.5. The SMILES string of the molecule is Cc1cnc(Cn2ccc(C)c(C(=O)Nc3ccc4c(c3)OCCCO4)c2=O)cn1. The number of carbonyl (C=O) groups is 1. The van der Waals surface area contributed by atoms with Crippen LogP contribution < -0.4 is 20.3 Å². The van der Waals surface area contributed by atoms with Gasteiger partial charge in [0, 0.05) is 30.6 Å². The summed E-state index contributed by atoms with van der Waals surface area (Å²) in [7, 11) is 0. The molecule has 1 aliphatic rings. The van der Waals surface area contributed by atoms with E-state index in [9.17, 15) is 9.59 Å². The third-order valence-electron chi connectivity index (χ3n) is 4.77. The van der Waals surface area contributed by atoms with Gasteiger partial charge in [-0.3, -0.25) is 19.6 Å². The molecule has 8 nitrogen and oxygen atoms in total. The van der Waals surface area contributed by atoms with Crippen LogP contribution in [0.3, 0.4) is 0 Å². The van der Waals surface area contributed by atoms with Crippen LogP contribution in [0.2, 0.25) is 0 Å². The molecule has 30 heavy (non-hydrogen) atoms. The Labute approximate surface area is 173 Å². The molecule has 0 saturated heterocycles. The Bertz CT molecular complexity index is 1140. The molecule has 1 aliphatic heterocycles. The molecule has 0 atom stereocenters. The van der Waals surface area contributed by atoms with Gasteiger partial charge in [0.25, 0.3) is 11.5 Å². The lowest BCUT2D eigenvalue weighted by Gasteiger charge is -2.13. The van der Waals surface area contributed by atoms with Gasteiger partial charge in [0.05, 0.1) is 37.3 Å². The molecule has 3 heterocycles. The van der Waals surface area contributed by atoms with Gasteiger partial charge in [0.1, 0.15) is 5.56 Å². The lowest BCUT2D eigenvalue weighted by atomic mass is 10.1. The zero-order valence-electron chi connectivity index (χ0n) is 16.8. The summed E-state index contributed by atoms with van der Waals surface area (Å²) < 4.78 is 12.7. The zero-order valence-corrected chi connectivity index (χ0v) is 16.8. The van der Waals surface area contributed by atoms with E-state index >= 15 is 0 Å². The van der Waals surface area contributed by atoms with Crippen molar-refractivity contribution in [3.05, 3.63) is 75.7 Å². The molecular formula is C22H22N4O4. The quantitative estimate of drug-likeness (QED) is 0.716. The smallest absolute Gasteiger partial charge is 0.264 e. The predicted octanol–water partition coefficient (Wildman–Crippen LogP) is 2.72. The molecule has 154 valence electrons. The number of rotatable bonds is 4. The van der Waals surface area contributed by atoms with E-state index in [1.807, 2.05) is 6.92 Å². The second-order valence-electron chi connectivity index (χ2n) is 7.12. The molecule has 0 bridgehead atoms. The van der Waals surface area contributed by atoms with Crippen molar-refractivity contribution in [3.63, 3.8) is 0 Å². The Hall–Kier alpha value is -3.68. The summed E-state index contributed by atoms with van der Waals surface area (Å²) in [5.74, 6) is 0.740. The van der Waals surface area contributed by atoms with Crippen molar-refractivity contribution in [2.24, 2.45) is 0 Å². The molecule has 1 aromatic carbocycles. The van der Waals surface area contributed by atoms with Gasteiger partial charge in [0.2, 0.25) is 0 Å². The molecule has 1 N–H and O–H groups in total. The van der Waals surface area contributed by atoms with Crippen LogP contribution in [0, 0.1) is 13.8 Å². The number of hydrogen-bond acceptors (Lipinski definition) is 6. The summed E-state index contributed by atoms with van der Waals surface area (Å²) in [5.41, 5.74) is 2.26. The van der Waals surface area contributed by atoms with Crippen molar-refractivity contribution in [3.8, 4) is 11.5 Å². The van der Waals surface area contributed by atoms with Crippen LogP contribution >= 0.6 is 0 Å². The summed E-state index contributed by atoms with van der Waals surface area (Å²) in [5, 5.41) is 2.79. The third kappa shape index (κ3) is 4.17. The van der Waals surface area contributed by atoms with Crippen LogP contribution in [0.15, 0.2) is 47.7 Å². The Morgan fingerprint density at radius 1 is 1.10 bits per heavy atom. The number of fused-ring (bicyclic) bond motifs is 1. The average Bonchev–Trinajstić information content (AvgIpc) is 2.97. The lowest BCUT2D eigenvalue weighted by Crippen LogP contribution is -2.30. The van der Waals surface area contributed by atoms with E-state index in [2.05, 4.69) is 15.3 Å². The zero-order chi connectivity index (χ0) is 21.1. The van der Waals surface area contributed by atoms with Gasteiger partial charge in [-0.2, -0.15) is 0 Å². The van der Waals surface area contributed by atoms with E-state index in [4.69, 9.17) is 9.47 Å². The lowest BCUT2D eigenvalue weighted by molar-refractivity contribution is 0.102. The summed E-state index contributed by atoms with van der Waals surface area (Å²) in [6, 6.07) is 6.93. The maximum Gasteiger partial charge on any atom is 0.264 e. The summed E-state index contributed by atoms with van der Waals surface area (Å²) in [6.45, 7) is 4.95. The fraction of sp³-hybridized carbons (Fsp3) is 0.273. The van der Waals surface area contributed by atoms with Crippen LogP contribution in [0.1, 0.15) is 33.7 Å². The summed E-state index contributed by atoms with van der Waals surface area (Å²) in [4.78, 5) is 34.4. The first-order valence-electron chi connectivity index (χ1n) is 9.70. The Morgan fingerprint density at radius 2 is 1.90 bits per heavy atom. The van der Waals surface area contributed by atoms with Crippen LogP contribution in [0.4, 0.5) is 5.69 Å². The number of nitrogens with zero attached hydrogens (tertiary/aromatic N) is 3. The van der Waals surface area contributed by atoms with Gasteiger partial charge >= 0.3 is 0 Å². The van der Waals surface area contributed by atoms with Crippen molar-refractivity contribution in [2.45, 2.75) is 26.8 Å². The molecule has 0 fully saturated rings. The van der Waals surface area contributed by atoms with Crippen LogP contribution in [0.5, 0.6) is 11.5 Å². The number of nitrogens with one attached hydrogen (secondary N) is 1. The number of aryl methyl sites for hydroxylation is 2. The molecule has 4 rings (SSSR count). The number of aromatic nitrogens is 3. The first-order valence-corrected chi connectivity index (χ1v) is 9.70. The highest BCUT2D eigenvalue weighted by Gasteiger charge is 2.18. The predicted molar refractivity (Wildman–Crippen MR) is 111 cm³/mol. The minimum absolute atomic E-state index is 0.0877. The van der Waals surface area contributed by atoms with Crippen molar-refractivity contribution in [1.29, 1.82) is 0 Å². The molecule has 3 aromatic rings. The summed E-state index contributed by atoms with van der Waals surface area (Å²) in [6.07, 6.45) is 5.72. The minimum atomic E-state index is -0.476.